The molecule has 0 aliphatic heterocycles. The lowest BCUT2D eigenvalue weighted by molar-refractivity contribution is -0.123. The van der Waals surface area contributed by atoms with Crippen molar-refractivity contribution in [1.29, 1.82) is 0 Å². The summed E-state index contributed by atoms with van der Waals surface area (Å²) < 4.78 is 0. The lowest BCUT2D eigenvalue weighted by Crippen LogP contribution is -2.49. The van der Waals surface area contributed by atoms with Gasteiger partial charge in [-0.15, -0.1) is 0 Å². The lowest BCUT2D eigenvalue weighted by atomic mass is 9.93. The largest absolute Gasteiger partial charge is 0.354 e. The van der Waals surface area contributed by atoms with Crippen LogP contribution < -0.4 is 21.3 Å². The van der Waals surface area contributed by atoms with Crippen molar-refractivity contribution in [2.75, 3.05) is 13.1 Å². The van der Waals surface area contributed by atoms with Crippen LogP contribution in [0.4, 0.5) is 0 Å². The Balaban J connectivity index is 1.22. The first-order chi connectivity index (χ1) is 25.4. The van der Waals surface area contributed by atoms with E-state index in [9.17, 15) is 19.2 Å². The third-order valence-electron chi connectivity index (χ3n) is 8.84. The van der Waals surface area contributed by atoms with Crippen molar-refractivity contribution in [1.82, 2.24) is 21.3 Å². The highest BCUT2D eigenvalue weighted by Gasteiger charge is 2.28. The van der Waals surface area contributed by atoms with Crippen LogP contribution in [-0.4, -0.2) is 48.8 Å². The highest BCUT2D eigenvalue weighted by molar-refractivity contribution is 6.08. The van der Waals surface area contributed by atoms with Crippen molar-refractivity contribution in [3.05, 3.63) is 195 Å². The molecule has 2 fully saturated rings. The van der Waals surface area contributed by atoms with Gasteiger partial charge in [0.1, 0.15) is 12.1 Å². The first-order valence-corrected chi connectivity index (χ1v) is 17.3. The van der Waals surface area contributed by atoms with E-state index >= 15 is 0 Å². The highest BCUT2D eigenvalue weighted by Crippen LogP contribution is 2.28. The zero-order chi connectivity index (χ0) is 36.1. The van der Waals surface area contributed by atoms with Gasteiger partial charge in [0.05, 0.1) is 0 Å². The summed E-state index contributed by atoms with van der Waals surface area (Å²) in [7, 11) is 0. The number of nitrogens with one attached hydrogen (secondary N) is 4. The average molecular weight is 689 g/mol. The molecule has 2 aliphatic rings. The molecular weight excluding hydrogens is 649 g/mol. The van der Waals surface area contributed by atoms with Crippen LogP contribution in [0.2, 0.25) is 0 Å². The van der Waals surface area contributed by atoms with Crippen LogP contribution in [0.5, 0.6) is 0 Å². The Morgan fingerprint density at radius 2 is 0.788 bits per heavy atom. The molecule has 2 atom stereocenters. The number of hydrogen-bond acceptors (Lipinski definition) is 4. The molecule has 8 nitrogen and oxygen atoms in total. The Morgan fingerprint density at radius 1 is 0.442 bits per heavy atom. The molecule has 0 saturated heterocycles. The van der Waals surface area contributed by atoms with Crippen molar-refractivity contribution in [3.8, 4) is 11.1 Å². The Kier molecular flexibility index (Phi) is 12.9. The summed E-state index contributed by atoms with van der Waals surface area (Å²) in [5.74, 6) is 0.398. The third-order valence-corrected chi connectivity index (χ3v) is 8.84. The van der Waals surface area contributed by atoms with Gasteiger partial charge in [0.2, 0.25) is 11.8 Å². The first kappa shape index (κ1) is 36.5. The van der Waals surface area contributed by atoms with Gasteiger partial charge in [-0.1, -0.05) is 97.1 Å². The van der Waals surface area contributed by atoms with Crippen LogP contribution in [0.3, 0.4) is 0 Å². The molecule has 4 aromatic carbocycles. The fraction of sp³-hybridized carbons (Fsp3) is 0.136. The SMILES string of the molecule is O=C(N[C@@H](Cc1ccccc1)C(=O)NC[C]1[CH][CH][CH][CH]1)c1ccccc1-c1ccccc1C(=O)N[C@@H](Cc1ccccc1)C(=O)NC[C]1[CH][CH][CH][CH]1. The minimum absolute atomic E-state index is 0.289. The van der Waals surface area contributed by atoms with E-state index in [1.165, 1.54) is 0 Å². The van der Waals surface area contributed by atoms with Crippen molar-refractivity contribution >= 4 is 23.6 Å². The highest BCUT2D eigenvalue weighted by atomic mass is 16.2. The maximum absolute atomic E-state index is 14.1. The molecule has 4 N–H and O–H groups in total. The number of carbonyl (C=O) groups excluding carboxylic acids is 4. The van der Waals surface area contributed by atoms with Crippen LogP contribution in [0.15, 0.2) is 109 Å². The van der Waals surface area contributed by atoms with Gasteiger partial charge in [-0.3, -0.25) is 19.2 Å². The third kappa shape index (κ3) is 9.96. The summed E-state index contributed by atoms with van der Waals surface area (Å²) in [5, 5.41) is 11.8. The van der Waals surface area contributed by atoms with Gasteiger partial charge in [-0.2, -0.15) is 0 Å². The Labute approximate surface area is 307 Å². The van der Waals surface area contributed by atoms with Gasteiger partial charge >= 0.3 is 0 Å². The smallest absolute Gasteiger partial charge is 0.252 e. The van der Waals surface area contributed by atoms with Crippen LogP contribution in [-0.2, 0) is 22.4 Å². The number of amides is 4. The van der Waals surface area contributed by atoms with Crippen molar-refractivity contribution in [3.63, 3.8) is 0 Å². The van der Waals surface area contributed by atoms with Crippen molar-refractivity contribution in [2.24, 2.45) is 0 Å². The summed E-state index contributed by atoms with van der Waals surface area (Å²) in [6.45, 7) is 0.672. The minimum atomic E-state index is -0.859. The average Bonchev–Trinajstić information content (AvgIpc) is 3.92. The van der Waals surface area contributed by atoms with Crippen molar-refractivity contribution in [2.45, 2.75) is 24.9 Å². The number of carbonyl (C=O) groups is 4. The second-order valence-corrected chi connectivity index (χ2v) is 12.5. The molecule has 2 saturated carbocycles. The van der Waals surface area contributed by atoms with Gasteiger partial charge in [-0.05, 0) is 85.8 Å². The molecule has 2 aliphatic carbocycles. The minimum Gasteiger partial charge on any atom is -0.354 e. The van der Waals surface area contributed by atoms with E-state index < -0.39 is 23.9 Å². The zero-order valence-electron chi connectivity index (χ0n) is 28.6. The molecule has 10 radical (unpaired) electrons. The Bertz CT molecular complexity index is 1670. The predicted molar refractivity (Wildman–Crippen MR) is 202 cm³/mol. The summed E-state index contributed by atoms with van der Waals surface area (Å²) in [5.41, 5.74) is 3.44. The Morgan fingerprint density at radius 3 is 1.17 bits per heavy atom. The molecule has 8 heteroatoms. The van der Waals surface area contributed by atoms with E-state index in [1.807, 2.05) is 112 Å². The standard InChI is InChI=1S/C44H40N4O4/c49-41(47-39(27-31-15-3-1-4-16-31)43(51)45-29-33-19-7-8-20-33)37-25-13-11-23-35(37)36-24-12-14-26-38(36)42(50)48-40(28-32-17-5-2-6-18-32)44(52)46-30-34-21-9-10-22-34/h1-26,39-40H,27-30H2,(H,45,51)(H,46,52)(H,47,49)(H,48,50)/t39-,40-/m0/s1. The van der Waals surface area contributed by atoms with Crippen LogP contribution >= 0.6 is 0 Å². The second kappa shape index (κ2) is 18.3. The van der Waals surface area contributed by atoms with E-state index in [0.717, 1.165) is 23.0 Å². The molecular formula is C44H40N4O4. The van der Waals surface area contributed by atoms with E-state index in [2.05, 4.69) is 21.3 Å². The van der Waals surface area contributed by atoms with Crippen molar-refractivity contribution < 1.29 is 19.2 Å². The molecule has 0 heterocycles. The van der Waals surface area contributed by atoms with E-state index in [0.29, 0.717) is 35.3 Å². The number of benzene rings is 4. The fourth-order valence-corrected chi connectivity index (χ4v) is 6.11. The molecule has 0 spiro atoms. The van der Waals surface area contributed by atoms with Gasteiger partial charge in [0.15, 0.2) is 0 Å². The summed E-state index contributed by atoms with van der Waals surface area (Å²) in [4.78, 5) is 55.1. The van der Waals surface area contributed by atoms with Gasteiger partial charge in [-0.25, -0.2) is 0 Å². The molecule has 0 bridgehead atoms. The summed E-state index contributed by atoms with van der Waals surface area (Å²) >= 11 is 0. The first-order valence-electron chi connectivity index (χ1n) is 17.3. The van der Waals surface area contributed by atoms with E-state index in [-0.39, 0.29) is 24.7 Å². The van der Waals surface area contributed by atoms with E-state index in [1.54, 1.807) is 48.5 Å². The number of rotatable bonds is 15. The molecule has 6 rings (SSSR count). The summed E-state index contributed by atoms with van der Waals surface area (Å²) in [6.07, 6.45) is 15.9. The molecule has 0 aromatic heterocycles. The lowest BCUT2D eigenvalue weighted by Gasteiger charge is -2.22. The molecule has 4 amide bonds. The fourth-order valence-electron chi connectivity index (χ4n) is 6.11. The maximum atomic E-state index is 14.1. The Hall–Kier alpha value is -5.24. The van der Waals surface area contributed by atoms with Crippen LogP contribution in [0, 0.1) is 63.2 Å². The zero-order valence-corrected chi connectivity index (χ0v) is 28.6. The van der Waals surface area contributed by atoms with Gasteiger partial charge in [0, 0.05) is 48.9 Å². The normalized spacial score (nSPS) is 15.8. The molecule has 260 valence electrons. The van der Waals surface area contributed by atoms with Crippen LogP contribution in [0.25, 0.3) is 11.1 Å². The van der Waals surface area contributed by atoms with Gasteiger partial charge < -0.3 is 21.3 Å². The number of hydrogen-bond donors (Lipinski definition) is 4. The van der Waals surface area contributed by atoms with Gasteiger partial charge in [0.25, 0.3) is 11.8 Å². The van der Waals surface area contributed by atoms with E-state index in [4.69, 9.17) is 0 Å². The van der Waals surface area contributed by atoms with Crippen LogP contribution in [0.1, 0.15) is 31.8 Å². The summed E-state index contributed by atoms with van der Waals surface area (Å²) in [6, 6.07) is 31.3. The quantitative estimate of drug-likeness (QED) is 0.140. The second-order valence-electron chi connectivity index (χ2n) is 12.5. The maximum Gasteiger partial charge on any atom is 0.252 e. The predicted octanol–water partition coefficient (Wildman–Crippen LogP) is 5.08. The topological polar surface area (TPSA) is 116 Å². The monoisotopic (exact) mass is 688 g/mol. The molecule has 4 aromatic rings. The molecule has 0 unspecified atom stereocenters. The molecule has 52 heavy (non-hydrogen) atoms.